The topological polar surface area (TPSA) is 55.1 Å². The van der Waals surface area contributed by atoms with Gasteiger partial charge in [-0.05, 0) is 43.5 Å². The van der Waals surface area contributed by atoms with Gasteiger partial charge in [0, 0.05) is 10.2 Å². The van der Waals surface area contributed by atoms with Crippen molar-refractivity contribution in [3.05, 3.63) is 28.2 Å². The first kappa shape index (κ1) is 16.1. The van der Waals surface area contributed by atoms with E-state index in [4.69, 9.17) is 18.0 Å². The summed E-state index contributed by atoms with van der Waals surface area (Å²) in [7, 11) is 0. The minimum atomic E-state index is -0.812. The summed E-state index contributed by atoms with van der Waals surface area (Å²) in [4.78, 5) is 12.6. The number of hydrogen-bond acceptors (Lipinski definition) is 2. The second kappa shape index (κ2) is 6.48. The van der Waals surface area contributed by atoms with Crippen LogP contribution in [-0.2, 0) is 11.2 Å². The van der Waals surface area contributed by atoms with Gasteiger partial charge in [-0.25, -0.2) is 0 Å². The minimum Gasteiger partial charge on any atom is -0.392 e. The molecule has 0 fully saturated rings. The van der Waals surface area contributed by atoms with Crippen LogP contribution in [0.2, 0.25) is 0 Å². The Morgan fingerprint density at radius 3 is 2.58 bits per heavy atom. The van der Waals surface area contributed by atoms with E-state index in [1.165, 1.54) is 0 Å². The van der Waals surface area contributed by atoms with Gasteiger partial charge in [0.15, 0.2) is 0 Å². The molecule has 0 heterocycles. The Bertz CT molecular complexity index is 504. The Labute approximate surface area is 128 Å². The van der Waals surface area contributed by atoms with Crippen molar-refractivity contribution in [2.45, 2.75) is 33.6 Å². The number of hydrogen-bond donors (Lipinski definition) is 2. The van der Waals surface area contributed by atoms with Crippen molar-refractivity contribution in [1.29, 1.82) is 0 Å². The van der Waals surface area contributed by atoms with Crippen LogP contribution in [-0.4, -0.2) is 10.9 Å². The van der Waals surface area contributed by atoms with Crippen LogP contribution in [0, 0.1) is 5.41 Å². The first-order chi connectivity index (χ1) is 8.85. The summed E-state index contributed by atoms with van der Waals surface area (Å²) in [6.07, 6.45) is 1.41. The number of benzene rings is 1. The average molecular weight is 343 g/mol. The van der Waals surface area contributed by atoms with Crippen LogP contribution in [0.4, 0.5) is 5.69 Å². The standard InChI is InChI=1S/C14H19BrN2OS/c1-4-9-8-10(15)6-7-11(9)17-13(18)14(3,5-2)12(16)19/h6-8H,4-5H2,1-3H3,(H2,16,19)(H,17,18). The van der Waals surface area contributed by atoms with Crippen LogP contribution in [0.25, 0.3) is 0 Å². The molecule has 0 aliphatic carbocycles. The van der Waals surface area contributed by atoms with Gasteiger partial charge in [0.05, 0.1) is 10.4 Å². The molecule has 0 aromatic heterocycles. The number of rotatable bonds is 5. The Kier molecular flexibility index (Phi) is 5.50. The molecule has 104 valence electrons. The normalized spacial score (nSPS) is 13.7. The van der Waals surface area contributed by atoms with Crippen molar-refractivity contribution in [3.63, 3.8) is 0 Å². The van der Waals surface area contributed by atoms with Crippen LogP contribution >= 0.6 is 28.1 Å². The molecule has 3 nitrogen and oxygen atoms in total. The summed E-state index contributed by atoms with van der Waals surface area (Å²) in [6.45, 7) is 5.72. The Balaban J connectivity index is 3.03. The predicted octanol–water partition coefficient (Wildman–Crippen LogP) is 3.65. The van der Waals surface area contributed by atoms with Gasteiger partial charge in [0.25, 0.3) is 0 Å². The Morgan fingerprint density at radius 2 is 2.11 bits per heavy atom. The highest BCUT2D eigenvalue weighted by Crippen LogP contribution is 2.27. The zero-order valence-corrected chi connectivity index (χ0v) is 13.8. The molecule has 0 bridgehead atoms. The molecule has 0 aliphatic heterocycles. The molecule has 1 rings (SSSR count). The maximum atomic E-state index is 12.4. The predicted molar refractivity (Wildman–Crippen MR) is 87.3 cm³/mol. The van der Waals surface area contributed by atoms with Gasteiger partial charge in [0.1, 0.15) is 0 Å². The number of carbonyl (C=O) groups excluding carboxylic acids is 1. The van der Waals surface area contributed by atoms with Crippen molar-refractivity contribution < 1.29 is 4.79 Å². The van der Waals surface area contributed by atoms with Crippen molar-refractivity contribution in [2.24, 2.45) is 11.1 Å². The molecular weight excluding hydrogens is 324 g/mol. The number of thiocarbonyl (C=S) groups is 1. The van der Waals surface area contributed by atoms with E-state index < -0.39 is 5.41 Å². The van der Waals surface area contributed by atoms with Gasteiger partial charge in [-0.1, -0.05) is 42.0 Å². The van der Waals surface area contributed by atoms with Crippen molar-refractivity contribution >= 4 is 44.7 Å². The summed E-state index contributed by atoms with van der Waals surface area (Å²) in [5.41, 5.74) is 6.77. The summed E-state index contributed by atoms with van der Waals surface area (Å²) < 4.78 is 0.995. The molecule has 1 aromatic rings. The maximum absolute atomic E-state index is 12.4. The fourth-order valence-electron chi connectivity index (χ4n) is 1.68. The van der Waals surface area contributed by atoms with Gasteiger partial charge in [-0.3, -0.25) is 4.79 Å². The second-order valence-electron chi connectivity index (χ2n) is 4.66. The molecule has 1 atom stereocenters. The van der Waals surface area contributed by atoms with Crippen LogP contribution in [0.5, 0.6) is 0 Å². The zero-order chi connectivity index (χ0) is 14.6. The summed E-state index contributed by atoms with van der Waals surface area (Å²) >= 11 is 8.44. The smallest absolute Gasteiger partial charge is 0.237 e. The first-order valence-corrected chi connectivity index (χ1v) is 7.45. The van der Waals surface area contributed by atoms with E-state index in [9.17, 15) is 4.79 Å². The number of amides is 1. The van der Waals surface area contributed by atoms with Crippen molar-refractivity contribution in [3.8, 4) is 0 Å². The summed E-state index contributed by atoms with van der Waals surface area (Å²) in [5.74, 6) is -0.153. The third-order valence-corrected chi connectivity index (χ3v) is 4.39. The molecule has 19 heavy (non-hydrogen) atoms. The molecule has 0 spiro atoms. The van der Waals surface area contributed by atoms with Crippen molar-refractivity contribution in [1.82, 2.24) is 0 Å². The molecule has 0 saturated carbocycles. The number of anilines is 1. The largest absolute Gasteiger partial charge is 0.392 e. The molecule has 3 N–H and O–H groups in total. The summed E-state index contributed by atoms with van der Waals surface area (Å²) in [6, 6.07) is 5.79. The third-order valence-electron chi connectivity index (χ3n) is 3.45. The second-order valence-corrected chi connectivity index (χ2v) is 6.01. The van der Waals surface area contributed by atoms with E-state index in [0.717, 1.165) is 22.1 Å². The third kappa shape index (κ3) is 3.54. The number of carbonyl (C=O) groups is 1. The first-order valence-electron chi connectivity index (χ1n) is 6.25. The van der Waals surface area contributed by atoms with Gasteiger partial charge >= 0.3 is 0 Å². The fraction of sp³-hybridized carbons (Fsp3) is 0.429. The molecule has 5 heteroatoms. The minimum absolute atomic E-state index is 0.153. The zero-order valence-electron chi connectivity index (χ0n) is 11.4. The lowest BCUT2D eigenvalue weighted by Gasteiger charge is -2.26. The van der Waals surface area contributed by atoms with E-state index >= 15 is 0 Å². The molecule has 1 amide bonds. The number of nitrogens with two attached hydrogens (primary N) is 1. The summed E-state index contributed by atoms with van der Waals surface area (Å²) in [5, 5.41) is 2.93. The highest BCUT2D eigenvalue weighted by molar-refractivity contribution is 9.10. The number of aryl methyl sites for hydroxylation is 1. The lowest BCUT2D eigenvalue weighted by Crippen LogP contribution is -2.43. The van der Waals surface area contributed by atoms with E-state index in [2.05, 4.69) is 21.2 Å². The van der Waals surface area contributed by atoms with E-state index in [0.29, 0.717) is 6.42 Å². The van der Waals surface area contributed by atoms with Gasteiger partial charge < -0.3 is 11.1 Å². The highest BCUT2D eigenvalue weighted by Gasteiger charge is 2.34. The van der Waals surface area contributed by atoms with E-state index in [1.807, 2.05) is 32.0 Å². The molecule has 0 aliphatic rings. The van der Waals surface area contributed by atoms with Crippen LogP contribution < -0.4 is 11.1 Å². The lowest BCUT2D eigenvalue weighted by molar-refractivity contribution is -0.121. The Hall–Kier alpha value is -0.940. The van der Waals surface area contributed by atoms with Gasteiger partial charge in [0.2, 0.25) is 5.91 Å². The molecule has 1 unspecified atom stereocenters. The van der Waals surface area contributed by atoms with Gasteiger partial charge in [-0.15, -0.1) is 0 Å². The maximum Gasteiger partial charge on any atom is 0.237 e. The number of halogens is 1. The average Bonchev–Trinajstić information content (AvgIpc) is 2.39. The SMILES string of the molecule is CCc1cc(Br)ccc1NC(=O)C(C)(CC)C(N)=S. The number of nitrogens with one attached hydrogen (secondary N) is 1. The van der Waals surface area contributed by atoms with E-state index in [1.54, 1.807) is 6.92 Å². The molecular formula is C14H19BrN2OS. The highest BCUT2D eigenvalue weighted by atomic mass is 79.9. The quantitative estimate of drug-likeness (QED) is 0.803. The molecule has 1 aromatic carbocycles. The lowest BCUT2D eigenvalue weighted by atomic mass is 9.86. The van der Waals surface area contributed by atoms with E-state index in [-0.39, 0.29) is 10.9 Å². The van der Waals surface area contributed by atoms with Crippen LogP contribution in [0.3, 0.4) is 0 Å². The van der Waals surface area contributed by atoms with Crippen LogP contribution in [0.1, 0.15) is 32.8 Å². The molecule has 0 radical (unpaired) electrons. The fourth-order valence-corrected chi connectivity index (χ4v) is 2.33. The van der Waals surface area contributed by atoms with Gasteiger partial charge in [-0.2, -0.15) is 0 Å². The monoisotopic (exact) mass is 342 g/mol. The van der Waals surface area contributed by atoms with Crippen LogP contribution in [0.15, 0.2) is 22.7 Å². The molecule has 0 saturated heterocycles. The van der Waals surface area contributed by atoms with Crippen molar-refractivity contribution in [2.75, 3.05) is 5.32 Å². The Morgan fingerprint density at radius 1 is 1.47 bits per heavy atom.